The molecule has 3 heteroatoms. The van der Waals surface area contributed by atoms with Gasteiger partial charge in [0, 0.05) is 17.3 Å². The summed E-state index contributed by atoms with van der Waals surface area (Å²) in [5.74, 6) is 4.96. The molecule has 5 unspecified atom stereocenters. The summed E-state index contributed by atoms with van der Waals surface area (Å²) in [7, 11) is 0. The highest BCUT2D eigenvalue weighted by atomic mass is 79.9. The SMILES string of the molecule is O=C(NCC(Br)C1CC1)C1C2C3CCC(C3)C12. The number of hydrogen-bond acceptors (Lipinski definition) is 1. The Morgan fingerprint density at radius 1 is 1.18 bits per heavy atom. The third-order valence-electron chi connectivity index (χ3n) is 5.64. The lowest BCUT2D eigenvalue weighted by molar-refractivity contribution is -0.123. The third-order valence-corrected chi connectivity index (χ3v) is 6.71. The molecule has 0 aliphatic heterocycles. The van der Waals surface area contributed by atoms with Crippen molar-refractivity contribution in [2.75, 3.05) is 6.54 Å². The fraction of sp³-hybridized carbons (Fsp3) is 0.929. The first kappa shape index (κ1) is 10.8. The number of alkyl halides is 1. The van der Waals surface area contributed by atoms with Crippen LogP contribution in [-0.2, 0) is 4.79 Å². The minimum Gasteiger partial charge on any atom is -0.355 e. The second-order valence-corrected chi connectivity index (χ2v) is 7.79. The number of carbonyl (C=O) groups excluding carboxylic acids is 1. The first-order valence-electron chi connectivity index (χ1n) is 7.17. The van der Waals surface area contributed by atoms with Crippen molar-refractivity contribution in [3.8, 4) is 0 Å². The second kappa shape index (κ2) is 3.72. The van der Waals surface area contributed by atoms with E-state index in [1.54, 1.807) is 0 Å². The monoisotopic (exact) mass is 297 g/mol. The van der Waals surface area contributed by atoms with E-state index in [0.29, 0.717) is 16.7 Å². The topological polar surface area (TPSA) is 29.1 Å². The van der Waals surface area contributed by atoms with Crippen molar-refractivity contribution in [2.24, 2.45) is 35.5 Å². The molecule has 17 heavy (non-hydrogen) atoms. The van der Waals surface area contributed by atoms with Crippen LogP contribution in [-0.4, -0.2) is 17.3 Å². The van der Waals surface area contributed by atoms with E-state index in [4.69, 9.17) is 0 Å². The zero-order valence-corrected chi connectivity index (χ0v) is 11.7. The lowest BCUT2D eigenvalue weighted by Crippen LogP contribution is -2.33. The van der Waals surface area contributed by atoms with Gasteiger partial charge in [0.15, 0.2) is 0 Å². The number of nitrogens with one attached hydrogen (secondary N) is 1. The van der Waals surface area contributed by atoms with Crippen LogP contribution in [0.2, 0.25) is 0 Å². The van der Waals surface area contributed by atoms with Crippen molar-refractivity contribution in [3.63, 3.8) is 0 Å². The quantitative estimate of drug-likeness (QED) is 0.794. The van der Waals surface area contributed by atoms with Gasteiger partial charge in [-0.05, 0) is 61.7 Å². The summed E-state index contributed by atoms with van der Waals surface area (Å²) in [6.45, 7) is 0.842. The van der Waals surface area contributed by atoms with E-state index in [2.05, 4.69) is 21.2 Å². The Balaban J connectivity index is 1.30. The van der Waals surface area contributed by atoms with Crippen LogP contribution in [0.15, 0.2) is 0 Å². The summed E-state index contributed by atoms with van der Waals surface area (Å²) in [5.41, 5.74) is 0. The van der Waals surface area contributed by atoms with Crippen LogP contribution < -0.4 is 5.32 Å². The van der Waals surface area contributed by atoms with Crippen molar-refractivity contribution in [3.05, 3.63) is 0 Å². The maximum Gasteiger partial charge on any atom is 0.223 e. The van der Waals surface area contributed by atoms with Gasteiger partial charge in [-0.25, -0.2) is 0 Å². The van der Waals surface area contributed by atoms with E-state index in [-0.39, 0.29) is 0 Å². The Labute approximate surface area is 111 Å². The summed E-state index contributed by atoms with van der Waals surface area (Å²) in [6.07, 6.45) is 6.91. The molecule has 5 atom stereocenters. The van der Waals surface area contributed by atoms with Crippen molar-refractivity contribution in [1.29, 1.82) is 0 Å². The van der Waals surface area contributed by atoms with Gasteiger partial charge in [0.05, 0.1) is 0 Å². The number of hydrogen-bond donors (Lipinski definition) is 1. The number of fused-ring (bicyclic) bond motifs is 5. The van der Waals surface area contributed by atoms with Gasteiger partial charge in [0.25, 0.3) is 0 Å². The summed E-state index contributed by atoms with van der Waals surface area (Å²) in [5, 5.41) is 3.18. The normalized spacial score (nSPS) is 47.7. The average molecular weight is 298 g/mol. The van der Waals surface area contributed by atoms with Crippen LogP contribution in [0.4, 0.5) is 0 Å². The van der Waals surface area contributed by atoms with Gasteiger partial charge in [-0.1, -0.05) is 15.9 Å². The zero-order chi connectivity index (χ0) is 11.6. The van der Waals surface area contributed by atoms with Crippen LogP contribution in [0.25, 0.3) is 0 Å². The molecule has 1 N–H and O–H groups in total. The first-order chi connectivity index (χ1) is 8.25. The van der Waals surface area contributed by atoms with Crippen LogP contribution in [0, 0.1) is 35.5 Å². The Morgan fingerprint density at radius 2 is 1.82 bits per heavy atom. The van der Waals surface area contributed by atoms with Crippen molar-refractivity contribution in [2.45, 2.75) is 36.9 Å². The van der Waals surface area contributed by atoms with Crippen LogP contribution in [0.1, 0.15) is 32.1 Å². The Kier molecular flexibility index (Phi) is 2.37. The molecule has 2 nitrogen and oxygen atoms in total. The lowest BCUT2D eigenvalue weighted by Gasteiger charge is -2.12. The van der Waals surface area contributed by atoms with Gasteiger partial charge in [0.2, 0.25) is 5.91 Å². The highest BCUT2D eigenvalue weighted by Crippen LogP contribution is 2.69. The van der Waals surface area contributed by atoms with Crippen molar-refractivity contribution in [1.82, 2.24) is 5.32 Å². The summed E-state index contributed by atoms with van der Waals surface area (Å²) in [4.78, 5) is 12.7. The molecule has 0 aromatic heterocycles. The number of carbonyl (C=O) groups is 1. The fourth-order valence-corrected chi connectivity index (χ4v) is 5.31. The largest absolute Gasteiger partial charge is 0.355 e. The Morgan fingerprint density at radius 3 is 2.41 bits per heavy atom. The smallest absolute Gasteiger partial charge is 0.223 e. The minimum absolute atomic E-state index is 0.363. The molecular formula is C14H20BrNO. The van der Waals surface area contributed by atoms with E-state index < -0.39 is 0 Å². The molecule has 4 fully saturated rings. The van der Waals surface area contributed by atoms with Gasteiger partial charge >= 0.3 is 0 Å². The molecule has 1 amide bonds. The van der Waals surface area contributed by atoms with E-state index in [1.165, 1.54) is 32.1 Å². The number of halogens is 1. The molecule has 0 saturated heterocycles. The fourth-order valence-electron chi connectivity index (χ4n) is 4.62. The highest BCUT2D eigenvalue weighted by Gasteiger charge is 2.67. The maximum atomic E-state index is 12.2. The Hall–Kier alpha value is -0.0500. The van der Waals surface area contributed by atoms with Gasteiger partial charge in [-0.15, -0.1) is 0 Å². The highest BCUT2D eigenvalue weighted by molar-refractivity contribution is 9.09. The van der Waals surface area contributed by atoms with E-state index in [0.717, 1.165) is 36.1 Å². The standard InChI is InChI=1S/C14H20BrNO/c15-10(7-1-2-7)6-16-14(17)13-11-8-3-4-9(5-8)12(11)13/h7-13H,1-6H2,(H,16,17). The van der Waals surface area contributed by atoms with E-state index in [9.17, 15) is 4.79 Å². The molecule has 94 valence electrons. The van der Waals surface area contributed by atoms with E-state index >= 15 is 0 Å². The molecule has 2 bridgehead atoms. The molecule has 0 aromatic rings. The van der Waals surface area contributed by atoms with Crippen molar-refractivity contribution < 1.29 is 4.79 Å². The minimum atomic E-state index is 0.363. The van der Waals surface area contributed by atoms with Gasteiger partial charge in [-0.2, -0.15) is 0 Å². The summed E-state index contributed by atoms with van der Waals surface area (Å²) in [6, 6.07) is 0. The third kappa shape index (κ3) is 1.68. The first-order valence-corrected chi connectivity index (χ1v) is 8.09. The molecule has 0 radical (unpaired) electrons. The molecular weight excluding hydrogens is 278 g/mol. The Bertz CT molecular complexity index is 338. The van der Waals surface area contributed by atoms with Gasteiger partial charge < -0.3 is 5.32 Å². The molecule has 4 saturated carbocycles. The number of rotatable bonds is 4. The molecule has 4 aliphatic carbocycles. The van der Waals surface area contributed by atoms with Gasteiger partial charge in [-0.3, -0.25) is 4.79 Å². The molecule has 0 heterocycles. The molecule has 0 aromatic carbocycles. The maximum absolute atomic E-state index is 12.2. The molecule has 4 aliphatic rings. The van der Waals surface area contributed by atoms with Crippen LogP contribution in [0.5, 0.6) is 0 Å². The summed E-state index contributed by atoms with van der Waals surface area (Å²) < 4.78 is 0. The second-order valence-electron chi connectivity index (χ2n) is 6.61. The van der Waals surface area contributed by atoms with Gasteiger partial charge in [0.1, 0.15) is 0 Å². The molecule has 4 rings (SSSR count). The van der Waals surface area contributed by atoms with E-state index in [1.807, 2.05) is 0 Å². The van der Waals surface area contributed by atoms with Crippen LogP contribution >= 0.6 is 15.9 Å². The average Bonchev–Trinajstić information content (AvgIpc) is 3.24. The molecule has 0 spiro atoms. The van der Waals surface area contributed by atoms with Crippen LogP contribution in [0.3, 0.4) is 0 Å². The van der Waals surface area contributed by atoms with Crippen molar-refractivity contribution >= 4 is 21.8 Å². The zero-order valence-electron chi connectivity index (χ0n) is 10.1. The number of amides is 1. The predicted octanol–water partition coefficient (Wildman–Crippen LogP) is 2.57. The predicted molar refractivity (Wildman–Crippen MR) is 69.7 cm³/mol. The lowest BCUT2D eigenvalue weighted by atomic mass is 10.0. The summed E-state index contributed by atoms with van der Waals surface area (Å²) >= 11 is 3.69.